The molecule has 3 rings (SSSR count). The molecule has 0 unspecified atom stereocenters. The van der Waals surface area contributed by atoms with Crippen molar-refractivity contribution < 1.29 is 4.42 Å². The topological polar surface area (TPSA) is 26.0 Å². The summed E-state index contributed by atoms with van der Waals surface area (Å²) in [4.78, 5) is 4.47. The lowest BCUT2D eigenvalue weighted by Gasteiger charge is -1.88. The summed E-state index contributed by atoms with van der Waals surface area (Å²) in [6.45, 7) is 2.02. The quantitative estimate of drug-likeness (QED) is 0.542. The van der Waals surface area contributed by atoms with E-state index in [2.05, 4.69) is 11.1 Å². The Morgan fingerprint density at radius 1 is 1.31 bits per heavy atom. The summed E-state index contributed by atoms with van der Waals surface area (Å²) < 4.78 is 6.53. The highest BCUT2D eigenvalue weighted by Crippen LogP contribution is 2.29. The molecule has 0 aliphatic heterocycles. The van der Waals surface area contributed by atoms with Gasteiger partial charge >= 0.3 is 0 Å². The number of furan rings is 1. The maximum atomic E-state index is 5.30. The molecule has 64 valence electrons. The van der Waals surface area contributed by atoms with Gasteiger partial charge in [-0.15, -0.1) is 11.3 Å². The van der Waals surface area contributed by atoms with E-state index in [0.717, 1.165) is 21.5 Å². The van der Waals surface area contributed by atoms with Crippen molar-refractivity contribution in [2.24, 2.45) is 0 Å². The van der Waals surface area contributed by atoms with Crippen LogP contribution in [-0.4, -0.2) is 4.98 Å². The molecule has 2 heterocycles. The fourth-order valence-electron chi connectivity index (χ4n) is 1.55. The molecule has 0 spiro atoms. The van der Waals surface area contributed by atoms with Gasteiger partial charge in [-0.1, -0.05) is 0 Å². The van der Waals surface area contributed by atoms with Gasteiger partial charge in [0.15, 0.2) is 0 Å². The van der Waals surface area contributed by atoms with E-state index in [4.69, 9.17) is 4.42 Å². The number of aromatic nitrogens is 1. The fourth-order valence-corrected chi connectivity index (χ4v) is 2.39. The predicted octanol–water partition coefficient (Wildman–Crippen LogP) is 3.35. The van der Waals surface area contributed by atoms with Crippen LogP contribution in [0.5, 0.6) is 0 Å². The molecular formula is C10H7NOS. The van der Waals surface area contributed by atoms with Crippen molar-refractivity contribution in [3.05, 3.63) is 29.5 Å². The van der Waals surface area contributed by atoms with Crippen LogP contribution in [0, 0.1) is 6.92 Å². The number of hydrogen-bond donors (Lipinski definition) is 0. The largest absolute Gasteiger partial charge is 0.464 e. The Hall–Kier alpha value is -1.35. The molecule has 1 aromatic carbocycles. The maximum absolute atomic E-state index is 5.30. The Bertz CT molecular complexity index is 579. The van der Waals surface area contributed by atoms with E-state index < -0.39 is 0 Å². The minimum absolute atomic E-state index is 0.915. The van der Waals surface area contributed by atoms with Gasteiger partial charge in [0, 0.05) is 5.39 Å². The number of benzene rings is 1. The summed E-state index contributed by atoms with van der Waals surface area (Å²) in [5, 5.41) is 2.21. The Kier molecular flexibility index (Phi) is 1.27. The van der Waals surface area contributed by atoms with E-state index in [-0.39, 0.29) is 0 Å². The van der Waals surface area contributed by atoms with Gasteiger partial charge < -0.3 is 4.42 Å². The molecule has 0 fully saturated rings. The Morgan fingerprint density at radius 3 is 3.15 bits per heavy atom. The minimum atomic E-state index is 0.915. The van der Waals surface area contributed by atoms with Gasteiger partial charge in [0.05, 0.1) is 21.5 Å². The van der Waals surface area contributed by atoms with E-state index in [1.54, 1.807) is 17.6 Å². The molecule has 3 aromatic rings. The molecule has 0 aliphatic rings. The lowest BCUT2D eigenvalue weighted by molar-refractivity contribution is 0.616. The highest BCUT2D eigenvalue weighted by atomic mass is 32.1. The van der Waals surface area contributed by atoms with E-state index in [9.17, 15) is 0 Å². The van der Waals surface area contributed by atoms with Crippen molar-refractivity contribution in [1.29, 1.82) is 0 Å². The zero-order chi connectivity index (χ0) is 8.84. The third-order valence-corrected chi connectivity index (χ3v) is 3.03. The summed E-state index contributed by atoms with van der Waals surface area (Å²) in [5.74, 6) is 0. The first kappa shape index (κ1) is 7.09. The molecule has 0 bridgehead atoms. The van der Waals surface area contributed by atoms with Crippen LogP contribution in [-0.2, 0) is 0 Å². The zero-order valence-corrected chi connectivity index (χ0v) is 7.89. The molecule has 0 amide bonds. The SMILES string of the molecule is Cc1nc2c(ccc3occc32)s1. The zero-order valence-electron chi connectivity index (χ0n) is 7.07. The highest BCUT2D eigenvalue weighted by molar-refractivity contribution is 7.18. The first-order valence-electron chi connectivity index (χ1n) is 4.08. The van der Waals surface area contributed by atoms with Gasteiger partial charge in [-0.3, -0.25) is 0 Å². The lowest BCUT2D eigenvalue weighted by atomic mass is 10.2. The molecule has 0 saturated heterocycles. The monoisotopic (exact) mass is 189 g/mol. The van der Waals surface area contributed by atoms with Crippen LogP contribution >= 0.6 is 11.3 Å². The van der Waals surface area contributed by atoms with Gasteiger partial charge in [0.25, 0.3) is 0 Å². The van der Waals surface area contributed by atoms with Crippen LogP contribution in [0.25, 0.3) is 21.2 Å². The predicted molar refractivity (Wildman–Crippen MR) is 54.1 cm³/mol. The molecule has 13 heavy (non-hydrogen) atoms. The van der Waals surface area contributed by atoms with Crippen molar-refractivity contribution in [3.8, 4) is 0 Å². The third kappa shape index (κ3) is 0.906. The van der Waals surface area contributed by atoms with E-state index in [1.807, 2.05) is 19.1 Å². The van der Waals surface area contributed by atoms with Crippen molar-refractivity contribution in [2.75, 3.05) is 0 Å². The van der Waals surface area contributed by atoms with E-state index >= 15 is 0 Å². The number of nitrogens with zero attached hydrogens (tertiary/aromatic N) is 1. The van der Waals surface area contributed by atoms with Crippen LogP contribution < -0.4 is 0 Å². The lowest BCUT2D eigenvalue weighted by Crippen LogP contribution is -1.69. The molecule has 0 atom stereocenters. The number of rotatable bonds is 0. The number of thiazole rings is 1. The summed E-state index contributed by atoms with van der Waals surface area (Å²) >= 11 is 1.72. The average Bonchev–Trinajstić information content (AvgIpc) is 2.65. The normalized spacial score (nSPS) is 11.5. The standard InChI is InChI=1S/C10H7NOS/c1-6-11-10-7-4-5-12-8(7)2-3-9(10)13-6/h2-5H,1H3. The van der Waals surface area contributed by atoms with Gasteiger partial charge in [0.1, 0.15) is 5.58 Å². The third-order valence-electron chi connectivity index (χ3n) is 2.10. The molecular weight excluding hydrogens is 182 g/mol. The smallest absolute Gasteiger partial charge is 0.136 e. The molecule has 2 aromatic heterocycles. The van der Waals surface area contributed by atoms with Crippen LogP contribution in [0.4, 0.5) is 0 Å². The van der Waals surface area contributed by atoms with Crippen molar-refractivity contribution in [2.45, 2.75) is 6.92 Å². The fraction of sp³-hybridized carbons (Fsp3) is 0.100. The first-order chi connectivity index (χ1) is 6.34. The van der Waals surface area contributed by atoms with Crippen LogP contribution in [0.2, 0.25) is 0 Å². The minimum Gasteiger partial charge on any atom is -0.464 e. The van der Waals surface area contributed by atoms with Crippen molar-refractivity contribution in [1.82, 2.24) is 4.98 Å². The number of aryl methyl sites for hydroxylation is 1. The van der Waals surface area contributed by atoms with E-state index in [0.29, 0.717) is 0 Å². The summed E-state index contributed by atoms with van der Waals surface area (Å²) in [6.07, 6.45) is 1.71. The van der Waals surface area contributed by atoms with Crippen LogP contribution in [0.3, 0.4) is 0 Å². The number of fused-ring (bicyclic) bond motifs is 3. The summed E-state index contributed by atoms with van der Waals surface area (Å²) in [7, 11) is 0. The Morgan fingerprint density at radius 2 is 2.23 bits per heavy atom. The molecule has 0 radical (unpaired) electrons. The highest BCUT2D eigenvalue weighted by Gasteiger charge is 2.06. The Labute approximate surface area is 78.8 Å². The molecule has 0 N–H and O–H groups in total. The van der Waals surface area contributed by atoms with Gasteiger partial charge in [0.2, 0.25) is 0 Å². The van der Waals surface area contributed by atoms with Crippen molar-refractivity contribution >= 4 is 32.5 Å². The van der Waals surface area contributed by atoms with Crippen LogP contribution in [0.1, 0.15) is 5.01 Å². The summed E-state index contributed by atoms with van der Waals surface area (Å²) in [5.41, 5.74) is 1.98. The van der Waals surface area contributed by atoms with Gasteiger partial charge in [-0.05, 0) is 25.1 Å². The summed E-state index contributed by atoms with van der Waals surface area (Å²) in [6, 6.07) is 6.03. The van der Waals surface area contributed by atoms with Gasteiger partial charge in [-0.25, -0.2) is 4.98 Å². The second kappa shape index (κ2) is 2.33. The second-order valence-electron chi connectivity index (χ2n) is 2.98. The Balaban J connectivity index is 2.64. The molecule has 0 aliphatic carbocycles. The maximum Gasteiger partial charge on any atom is 0.136 e. The molecule has 2 nitrogen and oxygen atoms in total. The van der Waals surface area contributed by atoms with E-state index in [1.165, 1.54) is 4.70 Å². The molecule has 0 saturated carbocycles. The number of hydrogen-bond acceptors (Lipinski definition) is 3. The molecule has 3 heteroatoms. The average molecular weight is 189 g/mol. The van der Waals surface area contributed by atoms with Gasteiger partial charge in [-0.2, -0.15) is 0 Å². The van der Waals surface area contributed by atoms with Crippen molar-refractivity contribution in [3.63, 3.8) is 0 Å². The second-order valence-corrected chi connectivity index (χ2v) is 4.21. The first-order valence-corrected chi connectivity index (χ1v) is 4.89. The van der Waals surface area contributed by atoms with Crippen LogP contribution in [0.15, 0.2) is 28.9 Å².